The third-order valence-electron chi connectivity index (χ3n) is 1.57. The van der Waals surface area contributed by atoms with E-state index >= 15 is 0 Å². The number of carbonyl (C=O) groups is 2. The van der Waals surface area contributed by atoms with Crippen molar-refractivity contribution in [2.24, 2.45) is 0 Å². The van der Waals surface area contributed by atoms with Crippen LogP contribution in [0.25, 0.3) is 0 Å². The van der Waals surface area contributed by atoms with E-state index in [-0.39, 0.29) is 16.7 Å². The Hall–Kier alpha value is -0.610. The van der Waals surface area contributed by atoms with Gasteiger partial charge in [-0.3, -0.25) is 9.59 Å². The van der Waals surface area contributed by atoms with E-state index in [4.69, 9.17) is 0 Å². The largest absolute Gasteiger partial charge is 0.293 e. The molecule has 0 spiro atoms. The molecule has 0 unspecified atom stereocenters. The first-order chi connectivity index (χ1) is 6.59. The van der Waals surface area contributed by atoms with Crippen molar-refractivity contribution in [3.05, 3.63) is 34.3 Å². The second-order valence-electron chi connectivity index (χ2n) is 2.71. The highest BCUT2D eigenvalue weighted by Gasteiger charge is 2.06. The van der Waals surface area contributed by atoms with Gasteiger partial charge in [0, 0.05) is 17.0 Å². The van der Waals surface area contributed by atoms with Crippen molar-refractivity contribution in [2.75, 3.05) is 5.75 Å². The van der Waals surface area contributed by atoms with Crippen molar-refractivity contribution in [2.45, 2.75) is 6.92 Å². The van der Waals surface area contributed by atoms with Gasteiger partial charge in [0.2, 0.25) is 0 Å². The highest BCUT2D eigenvalue weighted by molar-refractivity contribution is 9.10. The number of Topliss-reactive ketones (excluding diaryl/α,β-unsaturated/α-hetero) is 1. The summed E-state index contributed by atoms with van der Waals surface area (Å²) in [6.45, 7) is 1.46. The van der Waals surface area contributed by atoms with E-state index < -0.39 is 0 Å². The molecule has 0 bridgehead atoms. The summed E-state index contributed by atoms with van der Waals surface area (Å²) >= 11 is 4.32. The Morgan fingerprint density at radius 1 is 1.29 bits per heavy atom. The molecule has 0 heterocycles. The van der Waals surface area contributed by atoms with Gasteiger partial charge >= 0.3 is 0 Å². The maximum Gasteiger partial charge on any atom is 0.186 e. The number of benzene rings is 1. The van der Waals surface area contributed by atoms with Gasteiger partial charge in [-0.15, -0.1) is 0 Å². The molecule has 0 radical (unpaired) electrons. The standard InChI is InChI=1S/C10H9BrO2S/c1-7(12)14-6-10(13)8-2-4-9(11)5-3-8/h2-5H,6H2,1H3. The molecule has 2 nitrogen and oxygen atoms in total. The average Bonchev–Trinajstić information content (AvgIpc) is 2.15. The van der Waals surface area contributed by atoms with Crippen LogP contribution in [0.1, 0.15) is 17.3 Å². The molecule has 0 aliphatic carbocycles. The second-order valence-corrected chi connectivity index (χ2v) is 4.78. The van der Waals surface area contributed by atoms with Gasteiger partial charge in [0.15, 0.2) is 10.9 Å². The van der Waals surface area contributed by atoms with Gasteiger partial charge in [0.25, 0.3) is 0 Å². The first-order valence-electron chi connectivity index (χ1n) is 4.01. The molecule has 0 atom stereocenters. The van der Waals surface area contributed by atoms with Crippen LogP contribution in [0.5, 0.6) is 0 Å². The normalized spacial score (nSPS) is 9.86. The van der Waals surface area contributed by atoms with Gasteiger partial charge in [-0.1, -0.05) is 39.8 Å². The summed E-state index contributed by atoms with van der Waals surface area (Å²) in [6.07, 6.45) is 0. The average molecular weight is 273 g/mol. The van der Waals surface area contributed by atoms with Crippen molar-refractivity contribution in [1.29, 1.82) is 0 Å². The molecule has 0 N–H and O–H groups in total. The van der Waals surface area contributed by atoms with Crippen LogP contribution < -0.4 is 0 Å². The highest BCUT2D eigenvalue weighted by Crippen LogP contribution is 2.13. The van der Waals surface area contributed by atoms with Crippen LogP contribution in [0, 0.1) is 0 Å². The van der Waals surface area contributed by atoms with Gasteiger partial charge < -0.3 is 0 Å². The molecule has 0 aliphatic rings. The maximum atomic E-state index is 11.5. The fourth-order valence-electron chi connectivity index (χ4n) is 0.886. The quantitative estimate of drug-likeness (QED) is 0.794. The monoisotopic (exact) mass is 272 g/mol. The first kappa shape index (κ1) is 11.5. The van der Waals surface area contributed by atoms with Crippen LogP contribution in [0.4, 0.5) is 0 Å². The van der Waals surface area contributed by atoms with Gasteiger partial charge in [0.05, 0.1) is 5.75 Å². The maximum absolute atomic E-state index is 11.5. The number of hydrogen-bond acceptors (Lipinski definition) is 3. The summed E-state index contributed by atoms with van der Waals surface area (Å²) < 4.78 is 0.938. The van der Waals surface area contributed by atoms with Gasteiger partial charge in [-0.05, 0) is 12.1 Å². The molecule has 4 heteroatoms. The number of halogens is 1. The number of hydrogen-bond donors (Lipinski definition) is 0. The molecule has 74 valence electrons. The van der Waals surface area contributed by atoms with Gasteiger partial charge in [-0.25, -0.2) is 0 Å². The van der Waals surface area contributed by atoms with Crippen molar-refractivity contribution < 1.29 is 9.59 Å². The molecule has 0 aliphatic heterocycles. The van der Waals surface area contributed by atoms with E-state index in [9.17, 15) is 9.59 Å². The lowest BCUT2D eigenvalue weighted by atomic mass is 10.2. The van der Waals surface area contributed by atoms with Gasteiger partial charge in [0.1, 0.15) is 0 Å². The topological polar surface area (TPSA) is 34.1 Å². The summed E-state index contributed by atoms with van der Waals surface area (Å²) in [5.41, 5.74) is 0.641. The lowest BCUT2D eigenvalue weighted by Gasteiger charge is -1.98. The highest BCUT2D eigenvalue weighted by atomic mass is 79.9. The minimum absolute atomic E-state index is 0.0160. The predicted molar refractivity (Wildman–Crippen MR) is 61.6 cm³/mol. The molecular formula is C10H9BrO2S. The summed E-state index contributed by atoms with van der Waals surface area (Å²) in [6, 6.07) is 7.11. The minimum atomic E-state index is -0.0320. The summed E-state index contributed by atoms with van der Waals surface area (Å²) in [5.74, 6) is 0.203. The Morgan fingerprint density at radius 3 is 2.36 bits per heavy atom. The Balaban J connectivity index is 2.61. The first-order valence-corrected chi connectivity index (χ1v) is 5.79. The van der Waals surface area contributed by atoms with E-state index in [1.807, 2.05) is 12.1 Å². The molecule has 1 rings (SSSR count). The van der Waals surface area contributed by atoms with Crippen molar-refractivity contribution >= 4 is 38.6 Å². The second kappa shape index (κ2) is 5.32. The van der Waals surface area contributed by atoms with Crippen LogP contribution in [-0.2, 0) is 4.79 Å². The Kier molecular flexibility index (Phi) is 4.35. The molecule has 1 aromatic carbocycles. The van der Waals surface area contributed by atoms with E-state index in [1.54, 1.807) is 12.1 Å². The van der Waals surface area contributed by atoms with E-state index in [1.165, 1.54) is 6.92 Å². The number of carbonyl (C=O) groups excluding carboxylic acids is 2. The molecule has 0 saturated heterocycles. The Bertz CT molecular complexity index is 346. The summed E-state index contributed by atoms with van der Waals surface area (Å²) in [5, 5.41) is -0.0320. The lowest BCUT2D eigenvalue weighted by Crippen LogP contribution is -2.03. The third-order valence-corrected chi connectivity index (χ3v) is 2.91. The zero-order chi connectivity index (χ0) is 10.6. The number of ketones is 1. The zero-order valence-electron chi connectivity index (χ0n) is 7.62. The number of thioether (sulfide) groups is 1. The van der Waals surface area contributed by atoms with Crippen LogP contribution in [0.2, 0.25) is 0 Å². The lowest BCUT2D eigenvalue weighted by molar-refractivity contribution is -0.109. The van der Waals surface area contributed by atoms with Crippen molar-refractivity contribution in [3.8, 4) is 0 Å². The Morgan fingerprint density at radius 2 is 1.86 bits per heavy atom. The SMILES string of the molecule is CC(=O)SCC(=O)c1ccc(Br)cc1. The van der Waals surface area contributed by atoms with E-state index in [0.717, 1.165) is 16.2 Å². The molecule has 0 fully saturated rings. The van der Waals surface area contributed by atoms with Crippen molar-refractivity contribution in [3.63, 3.8) is 0 Å². The fraction of sp³-hybridized carbons (Fsp3) is 0.200. The van der Waals surface area contributed by atoms with Gasteiger partial charge in [-0.2, -0.15) is 0 Å². The van der Waals surface area contributed by atoms with Crippen LogP contribution in [-0.4, -0.2) is 16.7 Å². The molecule has 14 heavy (non-hydrogen) atoms. The molecule has 0 saturated carbocycles. The Labute approximate surface area is 95.2 Å². The zero-order valence-corrected chi connectivity index (χ0v) is 10.0. The summed E-state index contributed by atoms with van der Waals surface area (Å²) in [7, 11) is 0. The minimum Gasteiger partial charge on any atom is -0.293 e. The third kappa shape index (κ3) is 3.64. The van der Waals surface area contributed by atoms with Crippen LogP contribution in [0.15, 0.2) is 28.7 Å². The fourth-order valence-corrected chi connectivity index (χ4v) is 1.65. The summed E-state index contributed by atoms with van der Waals surface area (Å²) in [4.78, 5) is 22.1. The molecule has 1 aromatic rings. The molecule has 0 aromatic heterocycles. The predicted octanol–water partition coefficient (Wildman–Crippen LogP) is 2.91. The van der Waals surface area contributed by atoms with E-state index in [2.05, 4.69) is 15.9 Å². The number of rotatable bonds is 3. The molecular weight excluding hydrogens is 264 g/mol. The van der Waals surface area contributed by atoms with Crippen molar-refractivity contribution in [1.82, 2.24) is 0 Å². The van der Waals surface area contributed by atoms with E-state index in [0.29, 0.717) is 5.56 Å². The molecule has 0 amide bonds. The smallest absolute Gasteiger partial charge is 0.186 e. The van der Waals surface area contributed by atoms with Crippen LogP contribution in [0.3, 0.4) is 0 Å². The van der Waals surface area contributed by atoms with Crippen LogP contribution >= 0.6 is 27.7 Å².